The van der Waals surface area contributed by atoms with E-state index in [1.54, 1.807) is 22.9 Å². The molecular formula is C17H14Cl2FN3O3. The number of benzene rings is 1. The minimum Gasteiger partial charge on any atom is -0.388 e. The minimum absolute atomic E-state index is 0.0231. The molecule has 9 heteroatoms. The van der Waals surface area contributed by atoms with Gasteiger partial charge < -0.3 is 19.5 Å². The van der Waals surface area contributed by atoms with Gasteiger partial charge in [-0.25, -0.2) is 14.4 Å². The lowest BCUT2D eigenvalue weighted by atomic mass is 10.0. The molecule has 26 heavy (non-hydrogen) atoms. The van der Waals surface area contributed by atoms with Crippen LogP contribution in [-0.2, 0) is 11.2 Å². The average molecular weight is 398 g/mol. The van der Waals surface area contributed by atoms with Gasteiger partial charge in [0.15, 0.2) is 6.23 Å². The van der Waals surface area contributed by atoms with Crippen molar-refractivity contribution in [1.29, 1.82) is 0 Å². The van der Waals surface area contributed by atoms with Gasteiger partial charge in [-0.15, -0.1) is 0 Å². The Balaban J connectivity index is 1.61. The van der Waals surface area contributed by atoms with Gasteiger partial charge in [-0.3, -0.25) is 0 Å². The topological polar surface area (TPSA) is 80.4 Å². The van der Waals surface area contributed by atoms with Crippen molar-refractivity contribution in [3.63, 3.8) is 0 Å². The van der Waals surface area contributed by atoms with Crippen LogP contribution in [0.15, 0.2) is 36.8 Å². The zero-order valence-electron chi connectivity index (χ0n) is 13.3. The number of nitrogens with zero attached hydrogens (tertiary/aromatic N) is 3. The van der Waals surface area contributed by atoms with E-state index in [9.17, 15) is 14.6 Å². The van der Waals surface area contributed by atoms with Gasteiger partial charge in [0.1, 0.15) is 35.2 Å². The summed E-state index contributed by atoms with van der Waals surface area (Å²) in [5, 5.41) is 21.7. The molecule has 2 N–H and O–H groups in total. The summed E-state index contributed by atoms with van der Waals surface area (Å²) in [6.45, 7) is 0. The lowest BCUT2D eigenvalue weighted by Crippen LogP contribution is -2.32. The van der Waals surface area contributed by atoms with Crippen LogP contribution in [0.1, 0.15) is 11.8 Å². The molecule has 1 aliphatic rings. The summed E-state index contributed by atoms with van der Waals surface area (Å²) < 4.78 is 21.1. The summed E-state index contributed by atoms with van der Waals surface area (Å²) in [5.74, 6) is -0.545. The molecule has 0 spiro atoms. The molecular weight excluding hydrogens is 384 g/mol. The molecule has 3 aromatic rings. The second kappa shape index (κ2) is 6.75. The largest absolute Gasteiger partial charge is 0.388 e. The van der Waals surface area contributed by atoms with Gasteiger partial charge >= 0.3 is 0 Å². The van der Waals surface area contributed by atoms with Crippen LogP contribution in [-0.4, -0.2) is 43.1 Å². The molecule has 6 nitrogen and oxygen atoms in total. The third-order valence-electron chi connectivity index (χ3n) is 4.49. The fourth-order valence-corrected chi connectivity index (χ4v) is 3.48. The number of hydrogen-bond donors (Lipinski definition) is 2. The van der Waals surface area contributed by atoms with E-state index in [2.05, 4.69) is 9.97 Å². The smallest absolute Gasteiger partial charge is 0.164 e. The number of aliphatic hydroxyl groups is 2. The fourth-order valence-electron chi connectivity index (χ4n) is 3.17. The molecule has 1 fully saturated rings. The quantitative estimate of drug-likeness (QED) is 0.664. The van der Waals surface area contributed by atoms with E-state index in [0.29, 0.717) is 16.6 Å². The number of aliphatic hydroxyl groups excluding tert-OH is 2. The maximum atomic E-state index is 13.6. The van der Waals surface area contributed by atoms with Crippen LogP contribution in [0, 0.1) is 5.82 Å². The van der Waals surface area contributed by atoms with E-state index in [-0.39, 0.29) is 16.6 Å². The second-order valence-corrected chi connectivity index (χ2v) is 6.89. The van der Waals surface area contributed by atoms with Crippen molar-refractivity contribution in [2.75, 3.05) is 0 Å². The molecule has 4 rings (SSSR count). The van der Waals surface area contributed by atoms with E-state index in [1.165, 1.54) is 18.5 Å². The molecule has 0 radical (unpaired) electrons. The van der Waals surface area contributed by atoms with Crippen molar-refractivity contribution in [2.45, 2.75) is 31.0 Å². The number of aromatic nitrogens is 3. The Kier molecular flexibility index (Phi) is 4.58. The molecule has 4 atom stereocenters. The second-order valence-electron chi connectivity index (χ2n) is 6.12. The van der Waals surface area contributed by atoms with Gasteiger partial charge in [-0.2, -0.15) is 0 Å². The van der Waals surface area contributed by atoms with Gasteiger partial charge in [0.2, 0.25) is 0 Å². The molecule has 0 bridgehead atoms. The van der Waals surface area contributed by atoms with E-state index in [0.717, 1.165) is 0 Å². The van der Waals surface area contributed by atoms with Gasteiger partial charge in [0, 0.05) is 12.6 Å². The average Bonchev–Trinajstić information content (AvgIpc) is 3.16. The zero-order valence-corrected chi connectivity index (χ0v) is 14.8. The molecule has 136 valence electrons. The highest BCUT2D eigenvalue weighted by molar-refractivity contribution is 6.33. The maximum Gasteiger partial charge on any atom is 0.164 e. The predicted octanol–water partition coefficient (Wildman–Crippen LogP) is 2.74. The molecule has 0 saturated carbocycles. The lowest BCUT2D eigenvalue weighted by Gasteiger charge is -2.17. The minimum atomic E-state index is -1.18. The van der Waals surface area contributed by atoms with Crippen LogP contribution in [0.4, 0.5) is 4.39 Å². The van der Waals surface area contributed by atoms with Crippen molar-refractivity contribution in [1.82, 2.24) is 14.5 Å². The molecule has 0 unspecified atom stereocenters. The summed E-state index contributed by atoms with van der Waals surface area (Å²) in [6, 6.07) is 6.09. The number of ether oxygens (including phenoxy) is 1. The monoisotopic (exact) mass is 397 g/mol. The number of rotatable bonds is 3. The summed E-state index contributed by atoms with van der Waals surface area (Å²) in [4.78, 5) is 8.08. The van der Waals surface area contributed by atoms with Crippen molar-refractivity contribution in [3.8, 4) is 0 Å². The Hall–Kier alpha value is -1.77. The van der Waals surface area contributed by atoms with Gasteiger partial charge in [-0.1, -0.05) is 29.3 Å². The first-order chi connectivity index (χ1) is 12.5. The van der Waals surface area contributed by atoms with Crippen molar-refractivity contribution in [3.05, 3.63) is 58.3 Å². The molecule has 1 aromatic carbocycles. The molecule has 1 saturated heterocycles. The van der Waals surface area contributed by atoms with E-state index >= 15 is 0 Å². The third kappa shape index (κ3) is 2.95. The zero-order chi connectivity index (χ0) is 18.4. The van der Waals surface area contributed by atoms with E-state index < -0.39 is 30.4 Å². The maximum absolute atomic E-state index is 13.6. The van der Waals surface area contributed by atoms with E-state index in [1.807, 2.05) is 0 Å². The summed E-state index contributed by atoms with van der Waals surface area (Å²) in [6.07, 6.45) is -0.697. The van der Waals surface area contributed by atoms with Crippen LogP contribution in [0.2, 0.25) is 10.2 Å². The predicted molar refractivity (Wildman–Crippen MR) is 93.6 cm³/mol. The van der Waals surface area contributed by atoms with Gasteiger partial charge in [-0.05, 0) is 23.8 Å². The standard InChI is InChI=1S/C17H14Cl2FN3O3/c18-10-2-1-8(5-11(10)20)6-12-13(24)14(25)17(26-12)23-4-3-9-15(19)21-7-22-16(9)23/h1-5,7,12-14,17,24-25H,6H2/t12-,13+,14+,17+/m0/s1. The van der Waals surface area contributed by atoms with E-state index in [4.69, 9.17) is 27.9 Å². The summed E-state index contributed by atoms with van der Waals surface area (Å²) in [5.41, 5.74) is 1.09. The summed E-state index contributed by atoms with van der Waals surface area (Å²) >= 11 is 11.7. The normalized spacial score (nSPS) is 25.9. The van der Waals surface area contributed by atoms with Gasteiger partial charge in [0.25, 0.3) is 0 Å². The Labute approximate surface area is 157 Å². The lowest BCUT2D eigenvalue weighted by molar-refractivity contribution is -0.0341. The van der Waals surface area contributed by atoms with Crippen LogP contribution >= 0.6 is 23.2 Å². The van der Waals surface area contributed by atoms with Crippen molar-refractivity contribution in [2.24, 2.45) is 0 Å². The van der Waals surface area contributed by atoms with Crippen molar-refractivity contribution < 1.29 is 19.3 Å². The highest BCUT2D eigenvalue weighted by atomic mass is 35.5. The van der Waals surface area contributed by atoms with Crippen LogP contribution in [0.25, 0.3) is 11.0 Å². The Morgan fingerprint density at radius 3 is 2.73 bits per heavy atom. The Bertz CT molecular complexity index is 968. The Morgan fingerprint density at radius 2 is 1.96 bits per heavy atom. The molecule has 0 amide bonds. The first-order valence-corrected chi connectivity index (χ1v) is 8.64. The first-order valence-electron chi connectivity index (χ1n) is 7.88. The SMILES string of the molecule is O[C@@H]1[C@H](O)[C@H](Cc2ccc(Cl)c(F)c2)O[C@H]1n1ccc2c(Cl)ncnc21. The fraction of sp³-hybridized carbons (Fsp3) is 0.294. The molecule has 3 heterocycles. The Morgan fingerprint density at radius 1 is 1.15 bits per heavy atom. The molecule has 1 aliphatic heterocycles. The molecule has 2 aromatic heterocycles. The number of halogens is 3. The first kappa shape index (κ1) is 17.6. The van der Waals surface area contributed by atoms with Gasteiger partial charge in [0.05, 0.1) is 16.5 Å². The highest BCUT2D eigenvalue weighted by Gasteiger charge is 2.44. The van der Waals surface area contributed by atoms with Crippen LogP contribution in [0.5, 0.6) is 0 Å². The molecule has 0 aliphatic carbocycles. The number of fused-ring (bicyclic) bond motifs is 1. The summed E-state index contributed by atoms with van der Waals surface area (Å²) in [7, 11) is 0. The van der Waals surface area contributed by atoms with Crippen LogP contribution < -0.4 is 0 Å². The van der Waals surface area contributed by atoms with Crippen molar-refractivity contribution >= 4 is 34.2 Å². The third-order valence-corrected chi connectivity index (χ3v) is 5.10. The van der Waals surface area contributed by atoms with Crippen LogP contribution in [0.3, 0.4) is 0 Å². The highest BCUT2D eigenvalue weighted by Crippen LogP contribution is 2.34. The number of hydrogen-bond acceptors (Lipinski definition) is 5.